The van der Waals surface area contributed by atoms with Crippen molar-refractivity contribution >= 4 is 21.9 Å². The molecule has 0 aliphatic heterocycles. The van der Waals surface area contributed by atoms with Crippen LogP contribution in [0.5, 0.6) is 0 Å². The lowest BCUT2D eigenvalue weighted by atomic mass is 10.2. The Balaban J connectivity index is 2.20. The third-order valence-electron chi connectivity index (χ3n) is 3.47. The predicted molar refractivity (Wildman–Crippen MR) is 76.4 cm³/mol. The highest BCUT2D eigenvalue weighted by Crippen LogP contribution is 2.24. The Labute approximate surface area is 113 Å². The molecule has 98 valence electrons. The van der Waals surface area contributed by atoms with Crippen LogP contribution >= 0.6 is 0 Å². The van der Waals surface area contributed by atoms with Crippen molar-refractivity contribution in [3.63, 3.8) is 0 Å². The first kappa shape index (κ1) is 11.0. The van der Waals surface area contributed by atoms with Crippen LogP contribution in [0.2, 0.25) is 0 Å². The third-order valence-corrected chi connectivity index (χ3v) is 3.47. The molecule has 4 rings (SSSR count). The number of imidazole rings is 1. The monoisotopic (exact) mass is 265 g/mol. The van der Waals surface area contributed by atoms with Gasteiger partial charge in [0.15, 0.2) is 11.6 Å². The van der Waals surface area contributed by atoms with Crippen molar-refractivity contribution in [1.29, 1.82) is 0 Å². The van der Waals surface area contributed by atoms with Crippen LogP contribution in [0.3, 0.4) is 0 Å². The lowest BCUT2D eigenvalue weighted by Crippen LogP contribution is -2.12. The SMILES string of the molecule is Cn1c2ccccc2c2nc(-c3ncc[nH]3)[nH]c(=O)c21. The summed E-state index contributed by atoms with van der Waals surface area (Å²) in [6.07, 6.45) is 3.32. The third kappa shape index (κ3) is 1.36. The van der Waals surface area contributed by atoms with Crippen LogP contribution in [-0.2, 0) is 7.05 Å². The fraction of sp³-hybridized carbons (Fsp3) is 0.0714. The van der Waals surface area contributed by atoms with E-state index in [9.17, 15) is 4.79 Å². The summed E-state index contributed by atoms with van der Waals surface area (Å²) in [5.74, 6) is 1.00. The molecule has 0 saturated carbocycles. The summed E-state index contributed by atoms with van der Waals surface area (Å²) < 4.78 is 1.86. The maximum Gasteiger partial charge on any atom is 0.275 e. The first-order chi connectivity index (χ1) is 9.75. The van der Waals surface area contributed by atoms with E-state index in [1.807, 2.05) is 35.9 Å². The van der Waals surface area contributed by atoms with Gasteiger partial charge >= 0.3 is 0 Å². The molecule has 0 aliphatic rings. The van der Waals surface area contributed by atoms with Crippen LogP contribution in [0.1, 0.15) is 0 Å². The number of aryl methyl sites for hydroxylation is 1. The van der Waals surface area contributed by atoms with Crippen LogP contribution in [-0.4, -0.2) is 24.5 Å². The normalized spacial score (nSPS) is 11.4. The summed E-state index contributed by atoms with van der Waals surface area (Å²) in [5.41, 5.74) is 2.08. The number of benzene rings is 1. The zero-order valence-corrected chi connectivity index (χ0v) is 10.7. The van der Waals surface area contributed by atoms with Gasteiger partial charge in [-0.25, -0.2) is 9.97 Å². The van der Waals surface area contributed by atoms with E-state index in [1.165, 1.54) is 0 Å². The highest BCUT2D eigenvalue weighted by atomic mass is 16.1. The van der Waals surface area contributed by atoms with E-state index >= 15 is 0 Å². The number of rotatable bonds is 1. The van der Waals surface area contributed by atoms with Gasteiger partial charge in [0.2, 0.25) is 0 Å². The van der Waals surface area contributed by atoms with Crippen molar-refractivity contribution in [2.75, 3.05) is 0 Å². The first-order valence-electron chi connectivity index (χ1n) is 6.23. The van der Waals surface area contributed by atoms with Gasteiger partial charge in [0, 0.05) is 24.8 Å². The minimum Gasteiger partial charge on any atom is -0.342 e. The molecule has 6 nitrogen and oxygen atoms in total. The molecule has 2 N–H and O–H groups in total. The second-order valence-corrected chi connectivity index (χ2v) is 4.63. The van der Waals surface area contributed by atoms with Gasteiger partial charge in [-0.3, -0.25) is 4.79 Å². The van der Waals surface area contributed by atoms with Gasteiger partial charge in [-0.15, -0.1) is 0 Å². The topological polar surface area (TPSA) is 79.4 Å². The van der Waals surface area contributed by atoms with Gasteiger partial charge in [-0.2, -0.15) is 0 Å². The van der Waals surface area contributed by atoms with Crippen LogP contribution in [0.4, 0.5) is 0 Å². The zero-order chi connectivity index (χ0) is 13.7. The van der Waals surface area contributed by atoms with Crippen molar-refractivity contribution in [1.82, 2.24) is 24.5 Å². The quantitative estimate of drug-likeness (QED) is 0.551. The minimum absolute atomic E-state index is 0.167. The zero-order valence-electron chi connectivity index (χ0n) is 10.7. The highest BCUT2D eigenvalue weighted by Gasteiger charge is 2.14. The summed E-state index contributed by atoms with van der Waals surface area (Å²) in [7, 11) is 1.87. The van der Waals surface area contributed by atoms with E-state index in [4.69, 9.17) is 0 Å². The maximum atomic E-state index is 12.3. The van der Waals surface area contributed by atoms with Crippen LogP contribution in [0.15, 0.2) is 41.5 Å². The standard InChI is InChI=1S/C14H11N5O/c1-19-9-5-3-2-4-8(9)10-11(19)14(20)18-13(17-10)12-15-6-7-16-12/h2-7H,1H3,(H,15,16)(H,17,18,20). The van der Waals surface area contributed by atoms with Crippen molar-refractivity contribution < 1.29 is 0 Å². The summed E-state index contributed by atoms with van der Waals surface area (Å²) in [4.78, 5) is 26.7. The van der Waals surface area contributed by atoms with E-state index in [0.29, 0.717) is 22.7 Å². The van der Waals surface area contributed by atoms with Crippen molar-refractivity contribution in [2.45, 2.75) is 0 Å². The number of aromatic amines is 2. The van der Waals surface area contributed by atoms with Gasteiger partial charge in [-0.05, 0) is 6.07 Å². The molecule has 0 atom stereocenters. The predicted octanol–water partition coefficient (Wildman–Crippen LogP) is 1.80. The molecular formula is C14H11N5O. The average Bonchev–Trinajstić information content (AvgIpc) is 3.08. The fourth-order valence-corrected chi connectivity index (χ4v) is 2.56. The Kier molecular flexibility index (Phi) is 2.09. The smallest absolute Gasteiger partial charge is 0.275 e. The largest absolute Gasteiger partial charge is 0.342 e. The molecule has 4 aromatic rings. The lowest BCUT2D eigenvalue weighted by Gasteiger charge is -1.98. The van der Waals surface area contributed by atoms with E-state index in [1.54, 1.807) is 12.4 Å². The first-order valence-corrected chi connectivity index (χ1v) is 6.23. The van der Waals surface area contributed by atoms with Gasteiger partial charge in [0.25, 0.3) is 5.56 Å². The van der Waals surface area contributed by atoms with Crippen molar-refractivity contribution in [2.24, 2.45) is 7.05 Å². The number of aromatic nitrogens is 5. The van der Waals surface area contributed by atoms with E-state index in [2.05, 4.69) is 19.9 Å². The summed E-state index contributed by atoms with van der Waals surface area (Å²) in [5, 5.41) is 0.962. The molecule has 0 amide bonds. The molecule has 0 spiro atoms. The Morgan fingerprint density at radius 3 is 2.85 bits per heavy atom. The molecule has 6 heteroatoms. The summed E-state index contributed by atoms with van der Waals surface area (Å²) >= 11 is 0. The van der Waals surface area contributed by atoms with Crippen LogP contribution in [0.25, 0.3) is 33.6 Å². The highest BCUT2D eigenvalue weighted by molar-refractivity contribution is 6.05. The molecule has 20 heavy (non-hydrogen) atoms. The maximum absolute atomic E-state index is 12.3. The van der Waals surface area contributed by atoms with Crippen molar-refractivity contribution in [3.05, 3.63) is 47.0 Å². The molecule has 3 aromatic heterocycles. The molecule has 0 bridgehead atoms. The summed E-state index contributed by atoms with van der Waals surface area (Å²) in [6.45, 7) is 0. The number of hydrogen-bond acceptors (Lipinski definition) is 3. The number of nitrogens with one attached hydrogen (secondary N) is 2. The molecule has 0 fully saturated rings. The molecule has 0 saturated heterocycles. The molecule has 0 radical (unpaired) electrons. The fourth-order valence-electron chi connectivity index (χ4n) is 2.56. The molecule has 0 aliphatic carbocycles. The molecule has 3 heterocycles. The number of H-pyrrole nitrogens is 2. The average molecular weight is 265 g/mol. The van der Waals surface area contributed by atoms with Gasteiger partial charge < -0.3 is 14.5 Å². The number of nitrogens with zero attached hydrogens (tertiary/aromatic N) is 3. The number of fused-ring (bicyclic) bond motifs is 3. The van der Waals surface area contributed by atoms with Gasteiger partial charge in [0.05, 0.1) is 5.52 Å². The number of hydrogen-bond donors (Lipinski definition) is 2. The Morgan fingerprint density at radius 1 is 1.20 bits per heavy atom. The molecule has 1 aromatic carbocycles. The molecule has 0 unspecified atom stereocenters. The second kappa shape index (κ2) is 3.80. The molecular weight excluding hydrogens is 254 g/mol. The lowest BCUT2D eigenvalue weighted by molar-refractivity contribution is 0.991. The second-order valence-electron chi connectivity index (χ2n) is 4.63. The van der Waals surface area contributed by atoms with E-state index in [0.717, 1.165) is 10.9 Å². The minimum atomic E-state index is -0.167. The van der Waals surface area contributed by atoms with Gasteiger partial charge in [0.1, 0.15) is 11.0 Å². The Morgan fingerprint density at radius 2 is 2.05 bits per heavy atom. The van der Waals surface area contributed by atoms with Crippen LogP contribution in [0, 0.1) is 0 Å². The van der Waals surface area contributed by atoms with Crippen LogP contribution < -0.4 is 5.56 Å². The Bertz CT molecular complexity index is 978. The Hall–Kier alpha value is -2.89. The summed E-state index contributed by atoms with van der Waals surface area (Å²) in [6, 6.07) is 7.83. The van der Waals surface area contributed by atoms with Crippen molar-refractivity contribution in [3.8, 4) is 11.6 Å². The van der Waals surface area contributed by atoms with E-state index < -0.39 is 0 Å². The number of para-hydroxylation sites is 1. The van der Waals surface area contributed by atoms with Gasteiger partial charge in [-0.1, -0.05) is 18.2 Å². The van der Waals surface area contributed by atoms with E-state index in [-0.39, 0.29) is 5.56 Å².